The molecule has 0 saturated carbocycles. The van der Waals surface area contributed by atoms with E-state index in [0.717, 1.165) is 62.4 Å². The van der Waals surface area contributed by atoms with Gasteiger partial charge in [-0.05, 0) is 151 Å². The summed E-state index contributed by atoms with van der Waals surface area (Å²) < 4.78 is 143. The van der Waals surface area contributed by atoms with Crippen LogP contribution in [0.15, 0.2) is 165 Å². The molecule has 7 heterocycles. The number of nitrogens with one attached hydrogen (secondary N) is 3. The number of unbranched alkanes of at least 4 members (excludes halogenated alkanes) is 4. The summed E-state index contributed by atoms with van der Waals surface area (Å²) in [4.78, 5) is 91.7. The number of amides is 3. The normalized spacial score (nSPS) is 17.7. The van der Waals surface area contributed by atoms with Gasteiger partial charge in [-0.2, -0.15) is 26.0 Å². The molecule has 2 atom stereocenters. The maximum Gasteiger partial charge on any atom is 0.333 e. The van der Waals surface area contributed by atoms with Crippen molar-refractivity contribution in [2.75, 3.05) is 36.0 Å². The largest absolute Gasteiger partial charge is 0.744 e. The number of allylic oxidation sites excluding steroid dienone is 8. The number of carboxylic acids is 2. The van der Waals surface area contributed by atoms with Crippen molar-refractivity contribution in [1.82, 2.24) is 30.3 Å². The number of anilines is 2. The monoisotopic (exact) mass is 1670 g/mol. The van der Waals surface area contributed by atoms with Crippen molar-refractivity contribution in [3.63, 3.8) is 0 Å². The smallest absolute Gasteiger partial charge is 0.333 e. The van der Waals surface area contributed by atoms with E-state index >= 15 is 0 Å². The maximum atomic E-state index is 12.6. The maximum absolute atomic E-state index is 12.6. The van der Waals surface area contributed by atoms with Gasteiger partial charge in [0.1, 0.15) is 45.4 Å². The number of rotatable bonds is 30. The number of nitrogens with two attached hydrogens (primary N) is 1. The number of fused-ring (bicyclic) bond motifs is 4. The molecule has 5 aliphatic rings. The summed E-state index contributed by atoms with van der Waals surface area (Å²) in [6, 6.07) is 15.9. The third-order valence-corrected chi connectivity index (χ3v) is 24.3. The molecule has 0 bridgehead atoms. The SMILES string of the molecule is C.CCN1C(=CC=CC2=[N+](CCCCCC(=O)N[C@H](Cc3cnc[nH]3)C(=O)O)c3ccc(S(=O)(=O)[O-])cc3C2(C)C)C(C)(C)c2cc(S(=O)(=O)O)ccc21.CCN1C(=CC=CC2=[N+](CCCCCC(=O)ON3C(=O)CCC3=O)c3ccc(S(=O)(=O)[O-])cc3C2(C)C)C(C)(C)c2cc(S(=O)(=O)O)ccc21.N[C@@H](Cc1cnc[nH]1)C(=O)O. The molecule has 4 aromatic carbocycles. The number of aliphatic carboxylic acids is 2. The molecule has 9 N–H and O–H groups in total. The Morgan fingerprint density at radius 1 is 0.574 bits per heavy atom. The average molecular weight is 1670 g/mol. The van der Waals surface area contributed by atoms with E-state index in [9.17, 15) is 85.8 Å². The van der Waals surface area contributed by atoms with E-state index in [-0.39, 0.29) is 71.4 Å². The minimum Gasteiger partial charge on any atom is -0.744 e. The second kappa shape index (κ2) is 35.9. The first-order valence-corrected chi connectivity index (χ1v) is 42.5. The molecule has 32 nitrogen and oxygen atoms in total. The third-order valence-electron chi connectivity index (χ3n) is 20.9. The lowest BCUT2D eigenvalue weighted by Gasteiger charge is -2.25. The molecular weight excluding hydrogens is 1570 g/mol. The number of carbonyl (C=O) groups excluding carboxylic acids is 4. The molecule has 0 spiro atoms. The van der Waals surface area contributed by atoms with Gasteiger partial charge in [-0.25, -0.2) is 36.4 Å². The number of H-pyrrole nitrogens is 2. The molecule has 0 aliphatic carbocycles. The van der Waals surface area contributed by atoms with Gasteiger partial charge < -0.3 is 55.0 Å². The Balaban J connectivity index is 0.000000252. The van der Waals surface area contributed by atoms with E-state index < -0.39 is 104 Å². The number of carboxylic acid groups (broad SMARTS) is 2. The second-order valence-corrected chi connectivity index (χ2v) is 35.7. The Morgan fingerprint density at radius 2 is 0.974 bits per heavy atom. The highest BCUT2D eigenvalue weighted by molar-refractivity contribution is 7.86. The van der Waals surface area contributed by atoms with Crippen molar-refractivity contribution in [3.8, 4) is 0 Å². The van der Waals surface area contributed by atoms with Crippen LogP contribution in [0.1, 0.15) is 175 Å². The molecular formula is C79H99N11O21S4. The van der Waals surface area contributed by atoms with E-state index in [1.165, 1.54) is 67.4 Å². The van der Waals surface area contributed by atoms with Crippen molar-refractivity contribution in [2.24, 2.45) is 5.73 Å². The molecule has 3 amide bonds. The molecule has 1 saturated heterocycles. The Hall–Kier alpha value is -10.2. The van der Waals surface area contributed by atoms with Gasteiger partial charge in [0.2, 0.25) is 17.3 Å². The van der Waals surface area contributed by atoms with Gasteiger partial charge in [0.25, 0.3) is 32.1 Å². The van der Waals surface area contributed by atoms with E-state index in [2.05, 4.69) is 44.2 Å². The summed E-state index contributed by atoms with van der Waals surface area (Å²) in [5.74, 6) is -4.24. The number of likely N-dealkylation sites (N-methyl/N-ethyl adjacent to an activating group) is 2. The van der Waals surface area contributed by atoms with Crippen molar-refractivity contribution in [3.05, 3.63) is 179 Å². The molecule has 620 valence electrons. The number of aromatic amines is 2. The average Bonchev–Trinajstić information content (AvgIpc) is 1.60. The predicted molar refractivity (Wildman–Crippen MR) is 424 cm³/mol. The fraction of sp³-hybridized carbons (Fsp3) is 0.418. The quantitative estimate of drug-likeness (QED) is 0.00901. The Kier molecular flexibility index (Phi) is 28.2. The number of aromatic nitrogens is 4. The summed E-state index contributed by atoms with van der Waals surface area (Å²) in [6.07, 6.45) is 21.7. The molecule has 11 rings (SSSR count). The van der Waals surface area contributed by atoms with Gasteiger partial charge in [-0.3, -0.25) is 28.3 Å². The zero-order valence-electron chi connectivity index (χ0n) is 64.7. The van der Waals surface area contributed by atoms with Gasteiger partial charge >= 0.3 is 17.9 Å². The number of nitrogens with zero attached hydrogens (tertiary/aromatic N) is 7. The number of hydrogen-bond acceptors (Lipinski definition) is 22. The minimum absolute atomic E-state index is 0. The summed E-state index contributed by atoms with van der Waals surface area (Å²) in [5, 5.41) is 21.1. The molecule has 6 aromatic rings. The molecule has 36 heteroatoms. The van der Waals surface area contributed by atoms with Crippen molar-refractivity contribution >= 4 is 110 Å². The third kappa shape index (κ3) is 20.6. The summed E-state index contributed by atoms with van der Waals surface area (Å²) >= 11 is 0. The summed E-state index contributed by atoms with van der Waals surface area (Å²) in [7, 11) is -18.2. The fourth-order valence-electron chi connectivity index (χ4n) is 14.9. The van der Waals surface area contributed by atoms with Crippen LogP contribution in [0.25, 0.3) is 0 Å². The van der Waals surface area contributed by atoms with Crippen LogP contribution in [0.3, 0.4) is 0 Å². The molecule has 5 aliphatic heterocycles. The van der Waals surface area contributed by atoms with Gasteiger partial charge in [0.15, 0.2) is 11.4 Å². The highest BCUT2D eigenvalue weighted by Gasteiger charge is 2.48. The number of hydroxylamine groups is 2. The van der Waals surface area contributed by atoms with Crippen LogP contribution in [0.5, 0.6) is 0 Å². The molecule has 2 aromatic heterocycles. The van der Waals surface area contributed by atoms with Gasteiger partial charge in [0.05, 0.1) is 43.1 Å². The van der Waals surface area contributed by atoms with Gasteiger partial charge in [-0.15, -0.1) is 5.06 Å². The number of imidazole rings is 2. The van der Waals surface area contributed by atoms with E-state index in [1.807, 2.05) is 106 Å². The standard InChI is InChI=1S/C37H45N5O9S2.C35H41N3O10S2.C6H9N3O2.CH4/c1-6-41-30-16-14-25(52(46,47)48)20-27(30)36(2,3)32(41)11-10-12-33-37(4,5)28-21-26(53(49,50)51)15-17-31(28)42(33)18-9-7-8-13-34(43)40-29(35(44)45)19-24-22-38-23-39-24;1-6-36-27-16-14-23(49(42,43)44)21-25(27)34(2,3)29(36)11-10-12-30-35(4,5)26-22-24(50(45,46)47)15-17-28(26)37(30)20-9-7-8-13-33(41)48-38-31(39)18-19-32(38)40;7-5(6(10)11)1-4-2-8-3-9-4;/h10-12,14-17,20-23,29H,6-9,13,18-19H2,1-5H3,(H4-,38,39,40,43,44,45,46,47,48,49,50,51);10-12,14-17,21-22H,6-9,13,18-20H2,1-5H3,(H-,42,43,44,45,46,47);2-3,5H,1,7H2,(H,8,9)(H,10,11);1H4/t29-;;5-;/m1.0./s1. The van der Waals surface area contributed by atoms with Crippen LogP contribution >= 0.6 is 0 Å². The van der Waals surface area contributed by atoms with Crippen LogP contribution in [0.4, 0.5) is 22.7 Å². The van der Waals surface area contributed by atoms with Crippen molar-refractivity contribution in [2.45, 2.75) is 207 Å². The molecule has 115 heavy (non-hydrogen) atoms. The summed E-state index contributed by atoms with van der Waals surface area (Å²) in [5.41, 5.74) is 13.5. The van der Waals surface area contributed by atoms with E-state index in [0.29, 0.717) is 86.6 Å². The number of benzene rings is 4. The van der Waals surface area contributed by atoms with E-state index in [4.69, 9.17) is 15.7 Å². The Labute approximate surface area is 669 Å². The Morgan fingerprint density at radius 3 is 1.35 bits per heavy atom. The van der Waals surface area contributed by atoms with Gasteiger partial charge in [-0.1, -0.05) is 47.3 Å². The predicted octanol–water partition coefficient (Wildman–Crippen LogP) is 9.21. The topological polar surface area (TPSA) is 486 Å². The molecule has 0 unspecified atom stereocenters. The summed E-state index contributed by atoms with van der Waals surface area (Å²) in [6.45, 7) is 21.9. The lowest BCUT2D eigenvalue weighted by molar-refractivity contribution is -0.438. The van der Waals surface area contributed by atoms with Crippen LogP contribution in [0, 0.1) is 0 Å². The van der Waals surface area contributed by atoms with Crippen LogP contribution < -0.4 is 20.9 Å². The zero-order chi connectivity index (χ0) is 84.0. The Bertz CT molecular complexity index is 5400. The number of carbonyl (C=O) groups is 6. The van der Waals surface area contributed by atoms with Crippen LogP contribution in [0.2, 0.25) is 0 Å². The van der Waals surface area contributed by atoms with Crippen molar-refractivity contribution < 1.29 is 105 Å². The number of hydrogen-bond donors (Lipinski definition) is 8. The minimum atomic E-state index is -4.70. The molecule has 1 fully saturated rings. The van der Waals surface area contributed by atoms with Crippen LogP contribution in [-0.2, 0) is 109 Å². The second-order valence-electron chi connectivity index (χ2n) is 30.1. The molecule has 0 radical (unpaired) electrons. The zero-order valence-corrected chi connectivity index (χ0v) is 68.0. The first kappa shape index (κ1) is 90.4. The van der Waals surface area contributed by atoms with Crippen LogP contribution in [-0.4, -0.2) is 182 Å². The lowest BCUT2D eigenvalue weighted by Crippen LogP contribution is -2.42. The fourth-order valence-corrected chi connectivity index (χ4v) is 16.9. The van der Waals surface area contributed by atoms with Crippen molar-refractivity contribution in [1.29, 1.82) is 0 Å². The highest BCUT2D eigenvalue weighted by Crippen LogP contribution is 2.51. The number of imide groups is 1. The lowest BCUT2D eigenvalue weighted by atomic mass is 9.81. The van der Waals surface area contributed by atoms with E-state index in [1.54, 1.807) is 30.5 Å². The van der Waals surface area contributed by atoms with Gasteiger partial charge in [0, 0.05) is 157 Å². The first-order chi connectivity index (χ1) is 53.2. The highest BCUT2D eigenvalue weighted by atomic mass is 32.2. The first-order valence-electron chi connectivity index (χ1n) is 36.8.